The number of methoxy groups -OCH3 is 1. The quantitative estimate of drug-likeness (QED) is 0.511. The molecule has 3 aliphatic rings. The standard InChI is InChI=1S/C28H25NO7S/c1-33-17-13-11-16(12-14-17)27-34-15-21-24(36-27)23(30)22(28(35-21)37-18-7-3-2-4-8-18)29-25(31)19-9-5-6-10-20(19)26(29)32/h2-14,21-24,27-28,30H,15H2,1H3/t21-,22-,23-,24-,27?,28+/m1/s1. The van der Waals surface area contributed by atoms with E-state index in [0.717, 1.165) is 15.4 Å². The number of rotatable bonds is 5. The average Bonchev–Trinajstić information content (AvgIpc) is 3.19. The fraction of sp³-hybridized carbons (Fsp3) is 0.286. The Morgan fingerprint density at radius 3 is 2.19 bits per heavy atom. The third-order valence-electron chi connectivity index (χ3n) is 6.84. The molecule has 0 aliphatic carbocycles. The lowest BCUT2D eigenvalue weighted by Crippen LogP contribution is -2.66. The first-order valence-corrected chi connectivity index (χ1v) is 12.9. The van der Waals surface area contributed by atoms with Crippen LogP contribution in [-0.2, 0) is 14.2 Å². The molecule has 0 saturated carbocycles. The molecule has 1 N–H and O–H groups in total. The predicted molar refractivity (Wildman–Crippen MR) is 134 cm³/mol. The lowest BCUT2D eigenvalue weighted by Gasteiger charge is -2.49. The van der Waals surface area contributed by atoms with Crippen LogP contribution in [0.25, 0.3) is 0 Å². The van der Waals surface area contributed by atoms with Crippen LogP contribution in [0.4, 0.5) is 0 Å². The van der Waals surface area contributed by atoms with E-state index in [1.165, 1.54) is 11.8 Å². The number of carbonyl (C=O) groups is 2. The number of nitrogens with zero attached hydrogens (tertiary/aromatic N) is 1. The summed E-state index contributed by atoms with van der Waals surface area (Å²) in [6, 6.07) is 22.5. The zero-order chi connectivity index (χ0) is 25.5. The molecule has 6 atom stereocenters. The molecule has 8 nitrogen and oxygen atoms in total. The molecule has 190 valence electrons. The van der Waals surface area contributed by atoms with Gasteiger partial charge in [0.15, 0.2) is 6.29 Å². The monoisotopic (exact) mass is 519 g/mol. The maximum Gasteiger partial charge on any atom is 0.262 e. The first kappa shape index (κ1) is 24.1. The molecule has 6 rings (SSSR count). The molecule has 1 unspecified atom stereocenters. The van der Waals surface area contributed by atoms with Crippen molar-refractivity contribution in [3.8, 4) is 5.75 Å². The Morgan fingerprint density at radius 2 is 1.54 bits per heavy atom. The van der Waals surface area contributed by atoms with Crippen molar-refractivity contribution in [3.63, 3.8) is 0 Å². The zero-order valence-corrected chi connectivity index (χ0v) is 20.7. The van der Waals surface area contributed by atoms with Crippen LogP contribution < -0.4 is 4.74 Å². The van der Waals surface area contributed by atoms with Crippen LogP contribution in [0.15, 0.2) is 83.8 Å². The van der Waals surface area contributed by atoms with Crippen molar-refractivity contribution in [2.75, 3.05) is 13.7 Å². The van der Waals surface area contributed by atoms with Crippen molar-refractivity contribution in [3.05, 3.63) is 95.6 Å². The summed E-state index contributed by atoms with van der Waals surface area (Å²) in [5, 5.41) is 11.7. The molecular weight excluding hydrogens is 494 g/mol. The number of carbonyl (C=O) groups excluding carboxylic acids is 2. The molecular formula is C28H25NO7S. The van der Waals surface area contributed by atoms with Gasteiger partial charge in [-0.3, -0.25) is 14.5 Å². The Balaban J connectivity index is 1.32. The lowest BCUT2D eigenvalue weighted by atomic mass is 9.95. The molecule has 9 heteroatoms. The number of aliphatic hydroxyl groups excluding tert-OH is 1. The van der Waals surface area contributed by atoms with Crippen molar-refractivity contribution >= 4 is 23.6 Å². The van der Waals surface area contributed by atoms with E-state index in [0.29, 0.717) is 16.9 Å². The summed E-state index contributed by atoms with van der Waals surface area (Å²) in [4.78, 5) is 28.8. The van der Waals surface area contributed by atoms with Gasteiger partial charge in [-0.15, -0.1) is 0 Å². The van der Waals surface area contributed by atoms with Gasteiger partial charge in [0, 0.05) is 10.5 Å². The van der Waals surface area contributed by atoms with Gasteiger partial charge >= 0.3 is 0 Å². The first-order chi connectivity index (χ1) is 18.0. The van der Waals surface area contributed by atoms with Crippen LogP contribution in [0.3, 0.4) is 0 Å². The third kappa shape index (κ3) is 4.32. The maximum atomic E-state index is 13.4. The maximum absolute atomic E-state index is 13.4. The second-order valence-electron chi connectivity index (χ2n) is 9.02. The minimum absolute atomic E-state index is 0.180. The van der Waals surface area contributed by atoms with Crippen LogP contribution in [0, 0.1) is 0 Å². The van der Waals surface area contributed by atoms with Gasteiger partial charge in [-0.1, -0.05) is 54.2 Å². The Bertz CT molecular complexity index is 1270. The molecule has 0 spiro atoms. The van der Waals surface area contributed by atoms with Gasteiger partial charge in [0.1, 0.15) is 35.5 Å². The van der Waals surface area contributed by atoms with Crippen LogP contribution in [0.1, 0.15) is 32.6 Å². The summed E-state index contributed by atoms with van der Waals surface area (Å²) in [6.07, 6.45) is -3.35. The van der Waals surface area contributed by atoms with Crippen LogP contribution >= 0.6 is 11.8 Å². The normalized spacial score (nSPS) is 29.1. The number of hydrogen-bond donors (Lipinski definition) is 1. The van der Waals surface area contributed by atoms with Crippen molar-refractivity contribution in [1.29, 1.82) is 0 Å². The number of hydrogen-bond acceptors (Lipinski definition) is 8. The van der Waals surface area contributed by atoms with Crippen LogP contribution in [0.2, 0.25) is 0 Å². The van der Waals surface area contributed by atoms with Crippen molar-refractivity contribution < 1.29 is 33.6 Å². The molecule has 37 heavy (non-hydrogen) atoms. The number of imide groups is 1. The van der Waals surface area contributed by atoms with E-state index in [4.69, 9.17) is 18.9 Å². The summed E-state index contributed by atoms with van der Waals surface area (Å²) in [6.45, 7) is 0.180. The van der Waals surface area contributed by atoms with Crippen molar-refractivity contribution in [2.45, 2.75) is 41.0 Å². The van der Waals surface area contributed by atoms with E-state index in [9.17, 15) is 14.7 Å². The van der Waals surface area contributed by atoms with Gasteiger partial charge in [0.25, 0.3) is 11.8 Å². The van der Waals surface area contributed by atoms with Gasteiger partial charge < -0.3 is 24.1 Å². The number of fused-ring (bicyclic) bond motifs is 2. The smallest absolute Gasteiger partial charge is 0.262 e. The topological polar surface area (TPSA) is 94.5 Å². The molecule has 0 bridgehead atoms. The average molecular weight is 520 g/mol. The highest BCUT2D eigenvalue weighted by molar-refractivity contribution is 7.99. The molecule has 3 heterocycles. The minimum atomic E-state index is -1.20. The molecule has 3 aromatic rings. The number of benzene rings is 3. The third-order valence-corrected chi connectivity index (χ3v) is 8.01. The summed E-state index contributed by atoms with van der Waals surface area (Å²) in [7, 11) is 1.59. The summed E-state index contributed by atoms with van der Waals surface area (Å²) in [5.74, 6) is -0.210. The van der Waals surface area contributed by atoms with E-state index in [1.54, 1.807) is 43.5 Å². The minimum Gasteiger partial charge on any atom is -0.497 e. The van der Waals surface area contributed by atoms with Crippen molar-refractivity contribution in [1.82, 2.24) is 4.90 Å². The van der Waals surface area contributed by atoms with E-state index >= 15 is 0 Å². The van der Waals surface area contributed by atoms with E-state index in [2.05, 4.69) is 0 Å². The Labute approximate surface area is 218 Å². The summed E-state index contributed by atoms with van der Waals surface area (Å²) < 4.78 is 23.8. The molecule has 2 amide bonds. The second-order valence-corrected chi connectivity index (χ2v) is 10.2. The number of amides is 2. The molecule has 3 aliphatic heterocycles. The first-order valence-electron chi connectivity index (χ1n) is 12.0. The van der Waals surface area contributed by atoms with E-state index < -0.39 is 47.9 Å². The molecule has 2 fully saturated rings. The largest absolute Gasteiger partial charge is 0.497 e. The Kier molecular flexibility index (Phi) is 6.48. The number of thioether (sulfide) groups is 1. The highest BCUT2D eigenvalue weighted by atomic mass is 32.2. The van der Waals surface area contributed by atoms with Gasteiger partial charge in [0.2, 0.25) is 0 Å². The Morgan fingerprint density at radius 1 is 0.892 bits per heavy atom. The number of ether oxygens (including phenoxy) is 4. The Hall–Kier alpha value is -3.21. The fourth-order valence-electron chi connectivity index (χ4n) is 4.99. The zero-order valence-electron chi connectivity index (χ0n) is 19.9. The van der Waals surface area contributed by atoms with Gasteiger partial charge in [-0.2, -0.15) is 0 Å². The molecule has 0 radical (unpaired) electrons. The van der Waals surface area contributed by atoms with Gasteiger partial charge in [-0.25, -0.2) is 0 Å². The van der Waals surface area contributed by atoms with Crippen molar-refractivity contribution in [2.24, 2.45) is 0 Å². The molecule has 0 aromatic heterocycles. The molecule has 2 saturated heterocycles. The van der Waals surface area contributed by atoms with Gasteiger partial charge in [-0.05, 0) is 36.4 Å². The molecule has 3 aromatic carbocycles. The highest BCUT2D eigenvalue weighted by Crippen LogP contribution is 2.42. The predicted octanol–water partition coefficient (Wildman–Crippen LogP) is 3.65. The second kappa shape index (κ2) is 9.92. The van der Waals surface area contributed by atoms with E-state index in [1.807, 2.05) is 42.5 Å². The van der Waals surface area contributed by atoms with Crippen LogP contribution in [-0.4, -0.2) is 65.3 Å². The fourth-order valence-corrected chi connectivity index (χ4v) is 6.19. The lowest BCUT2D eigenvalue weighted by molar-refractivity contribution is -0.310. The van der Waals surface area contributed by atoms with E-state index in [-0.39, 0.29) is 6.61 Å². The highest BCUT2D eigenvalue weighted by Gasteiger charge is 2.55. The summed E-state index contributed by atoms with van der Waals surface area (Å²) in [5.41, 5.74) is 0.652. The SMILES string of the molecule is COc1ccc(C2OC[C@H]3O[C@@H](Sc4ccccc4)[C@H](N4C(=O)c5ccccc5C4=O)[C@@H](O)[C@@H]3O2)cc1. The van der Waals surface area contributed by atoms with Crippen LogP contribution in [0.5, 0.6) is 5.75 Å². The van der Waals surface area contributed by atoms with Gasteiger partial charge in [0.05, 0.1) is 24.8 Å². The summed E-state index contributed by atoms with van der Waals surface area (Å²) >= 11 is 1.35. The number of aliphatic hydroxyl groups is 1.